The minimum absolute atomic E-state index is 0.0300. The van der Waals surface area contributed by atoms with E-state index in [1.807, 2.05) is 30.3 Å². The highest BCUT2D eigenvalue weighted by Gasteiger charge is 2.30. The summed E-state index contributed by atoms with van der Waals surface area (Å²) < 4.78 is 15.6. The molecule has 10 nitrogen and oxygen atoms in total. The fourth-order valence-electron chi connectivity index (χ4n) is 4.28. The number of alkyl carbamates (subject to hydrolysis) is 1. The van der Waals surface area contributed by atoms with Crippen LogP contribution in [0.2, 0.25) is 0 Å². The summed E-state index contributed by atoms with van der Waals surface area (Å²) in [7, 11) is 1.33. The largest absolute Gasteiger partial charge is 0.456 e. The molecule has 39 heavy (non-hydrogen) atoms. The molecule has 2 aromatic carbocycles. The second-order valence-electron chi connectivity index (χ2n) is 10.5. The molecule has 1 aliphatic rings. The lowest BCUT2D eigenvalue weighted by Crippen LogP contribution is -2.47. The van der Waals surface area contributed by atoms with E-state index in [2.05, 4.69) is 10.6 Å². The minimum atomic E-state index is -0.915. The van der Waals surface area contributed by atoms with E-state index in [9.17, 15) is 19.2 Å². The van der Waals surface area contributed by atoms with Crippen molar-refractivity contribution in [1.29, 1.82) is 0 Å². The summed E-state index contributed by atoms with van der Waals surface area (Å²) in [6.45, 7) is 6.42. The van der Waals surface area contributed by atoms with Gasteiger partial charge in [0.1, 0.15) is 18.2 Å². The van der Waals surface area contributed by atoms with Gasteiger partial charge in [0.05, 0.1) is 12.7 Å². The predicted octanol–water partition coefficient (Wildman–Crippen LogP) is 4.74. The van der Waals surface area contributed by atoms with Crippen molar-refractivity contribution in [1.82, 2.24) is 10.2 Å². The summed E-state index contributed by atoms with van der Waals surface area (Å²) in [5.74, 6) is -0.932. The Balaban J connectivity index is 1.67. The van der Waals surface area contributed by atoms with E-state index in [0.29, 0.717) is 30.8 Å². The Bertz CT molecular complexity index is 1130. The van der Waals surface area contributed by atoms with E-state index in [-0.39, 0.29) is 12.5 Å². The maximum atomic E-state index is 13.3. The molecule has 1 aliphatic heterocycles. The summed E-state index contributed by atoms with van der Waals surface area (Å²) in [5, 5.41) is 5.49. The second-order valence-corrected chi connectivity index (χ2v) is 10.5. The summed E-state index contributed by atoms with van der Waals surface area (Å²) in [6, 6.07) is 14.6. The van der Waals surface area contributed by atoms with Crippen LogP contribution in [0.25, 0.3) is 0 Å². The number of carbonyl (C=O) groups is 4. The van der Waals surface area contributed by atoms with Crippen molar-refractivity contribution in [3.8, 4) is 0 Å². The Morgan fingerprint density at radius 1 is 1.03 bits per heavy atom. The van der Waals surface area contributed by atoms with E-state index < -0.39 is 35.7 Å². The first-order valence-electron chi connectivity index (χ1n) is 13.0. The third-order valence-corrected chi connectivity index (χ3v) is 6.13. The maximum Gasteiger partial charge on any atom is 0.409 e. The highest BCUT2D eigenvalue weighted by molar-refractivity contribution is 5.97. The molecule has 1 fully saturated rings. The van der Waals surface area contributed by atoms with E-state index >= 15 is 0 Å². The number of carbonyl (C=O) groups excluding carboxylic acids is 4. The third kappa shape index (κ3) is 9.63. The van der Waals surface area contributed by atoms with Crippen LogP contribution >= 0.6 is 0 Å². The Morgan fingerprint density at radius 3 is 2.36 bits per heavy atom. The van der Waals surface area contributed by atoms with Gasteiger partial charge < -0.3 is 29.7 Å². The Labute approximate surface area is 229 Å². The molecular formula is C29H37N3O7. The number of nitrogens with one attached hydrogen (secondary N) is 2. The van der Waals surface area contributed by atoms with Crippen LogP contribution in [0.15, 0.2) is 54.6 Å². The average Bonchev–Trinajstić information content (AvgIpc) is 2.91. The van der Waals surface area contributed by atoms with Crippen LogP contribution in [-0.2, 0) is 25.6 Å². The first kappa shape index (κ1) is 29.5. The molecule has 10 heteroatoms. The Hall–Kier alpha value is -4.08. The average molecular weight is 540 g/mol. The van der Waals surface area contributed by atoms with Crippen LogP contribution in [0.4, 0.5) is 15.3 Å². The van der Waals surface area contributed by atoms with Gasteiger partial charge in [-0.15, -0.1) is 0 Å². The molecule has 1 saturated heterocycles. The first-order chi connectivity index (χ1) is 18.5. The number of rotatable bonds is 8. The molecule has 3 rings (SSSR count). The molecular weight excluding hydrogens is 502 g/mol. The molecule has 0 bridgehead atoms. The summed E-state index contributed by atoms with van der Waals surface area (Å²) >= 11 is 0. The van der Waals surface area contributed by atoms with Crippen molar-refractivity contribution in [2.75, 3.05) is 25.5 Å². The number of likely N-dealkylation sites (tertiary alicyclic amines) is 1. The monoisotopic (exact) mass is 539 g/mol. The molecule has 3 amide bonds. The lowest BCUT2D eigenvalue weighted by molar-refractivity contribution is -0.118. The van der Waals surface area contributed by atoms with Crippen molar-refractivity contribution in [3.05, 3.63) is 65.7 Å². The number of methoxy groups -OCH3 is 1. The molecule has 210 valence electrons. The number of hydrogen-bond acceptors (Lipinski definition) is 7. The van der Waals surface area contributed by atoms with Gasteiger partial charge in [-0.1, -0.05) is 30.3 Å². The minimum Gasteiger partial charge on any atom is -0.456 e. The highest BCUT2D eigenvalue weighted by Crippen LogP contribution is 2.23. The maximum absolute atomic E-state index is 13.3. The lowest BCUT2D eigenvalue weighted by atomic mass is 9.91. The molecule has 0 aliphatic carbocycles. The molecule has 0 radical (unpaired) electrons. The summed E-state index contributed by atoms with van der Waals surface area (Å²) in [6.07, 6.45) is 0.720. The fourth-order valence-corrected chi connectivity index (χ4v) is 4.28. The molecule has 2 atom stereocenters. The van der Waals surface area contributed by atoms with Crippen LogP contribution in [0.1, 0.15) is 56.0 Å². The number of hydrogen-bond donors (Lipinski definition) is 2. The van der Waals surface area contributed by atoms with Gasteiger partial charge in [-0.3, -0.25) is 4.79 Å². The number of benzene rings is 2. The molecule has 0 spiro atoms. The molecule has 1 heterocycles. The van der Waals surface area contributed by atoms with E-state index in [1.54, 1.807) is 49.9 Å². The van der Waals surface area contributed by atoms with Gasteiger partial charge in [0.2, 0.25) is 5.91 Å². The van der Waals surface area contributed by atoms with Gasteiger partial charge in [0.15, 0.2) is 0 Å². The topological polar surface area (TPSA) is 123 Å². The zero-order valence-electron chi connectivity index (χ0n) is 22.9. The van der Waals surface area contributed by atoms with Crippen LogP contribution in [0.3, 0.4) is 0 Å². The Kier molecular flexibility index (Phi) is 10.3. The van der Waals surface area contributed by atoms with Crippen LogP contribution in [0, 0.1) is 5.92 Å². The third-order valence-electron chi connectivity index (χ3n) is 6.13. The molecule has 2 N–H and O–H groups in total. The molecule has 0 aromatic heterocycles. The van der Waals surface area contributed by atoms with Crippen LogP contribution in [-0.4, -0.2) is 60.8 Å². The van der Waals surface area contributed by atoms with Crippen LogP contribution in [0.5, 0.6) is 0 Å². The smallest absolute Gasteiger partial charge is 0.409 e. The van der Waals surface area contributed by atoms with E-state index in [4.69, 9.17) is 14.2 Å². The van der Waals surface area contributed by atoms with Gasteiger partial charge >= 0.3 is 18.2 Å². The standard InChI is InChI=1S/C29H37N3O7/c1-29(2,3)39-26(34)22-12-14-23(15-13-22)30-25(33)24(17-21-11-8-16-32(18-21)28(36)37-4)31-27(35)38-19-20-9-6-5-7-10-20/h5-7,9-10,12-15,21,24H,8,11,16-19H2,1-4H3,(H,30,33)(H,31,35)/t21?,24-/m0/s1. The fraction of sp³-hybridized carbons (Fsp3) is 0.448. The number of ether oxygens (including phenoxy) is 3. The van der Waals surface area contributed by atoms with Crippen molar-refractivity contribution < 1.29 is 33.4 Å². The molecule has 0 saturated carbocycles. The number of amides is 3. The van der Waals surface area contributed by atoms with Crippen molar-refractivity contribution in [2.45, 2.75) is 58.3 Å². The summed E-state index contributed by atoms with van der Waals surface area (Å²) in [4.78, 5) is 51.8. The second kappa shape index (κ2) is 13.6. The van der Waals surface area contributed by atoms with Crippen molar-refractivity contribution >= 4 is 29.8 Å². The quantitative estimate of drug-likeness (QED) is 0.367. The number of piperidine rings is 1. The number of anilines is 1. The molecule has 2 aromatic rings. The van der Waals surface area contributed by atoms with E-state index in [0.717, 1.165) is 18.4 Å². The molecule has 1 unspecified atom stereocenters. The van der Waals surface area contributed by atoms with Gasteiger partial charge in [-0.25, -0.2) is 14.4 Å². The van der Waals surface area contributed by atoms with Crippen molar-refractivity contribution in [2.24, 2.45) is 5.92 Å². The van der Waals surface area contributed by atoms with Gasteiger partial charge in [-0.05, 0) is 75.8 Å². The van der Waals surface area contributed by atoms with Gasteiger partial charge in [-0.2, -0.15) is 0 Å². The first-order valence-corrected chi connectivity index (χ1v) is 13.0. The van der Waals surface area contributed by atoms with Gasteiger partial charge in [0.25, 0.3) is 0 Å². The lowest BCUT2D eigenvalue weighted by Gasteiger charge is -2.33. The normalized spacial score (nSPS) is 16.0. The van der Waals surface area contributed by atoms with Gasteiger partial charge in [0, 0.05) is 18.8 Å². The zero-order chi connectivity index (χ0) is 28.4. The summed E-state index contributed by atoms with van der Waals surface area (Å²) in [5.41, 5.74) is 1.00. The Morgan fingerprint density at radius 2 is 1.72 bits per heavy atom. The predicted molar refractivity (Wildman–Crippen MR) is 145 cm³/mol. The number of nitrogens with zero attached hydrogens (tertiary/aromatic N) is 1. The zero-order valence-corrected chi connectivity index (χ0v) is 22.9. The number of esters is 1. The van der Waals surface area contributed by atoms with Crippen LogP contribution < -0.4 is 10.6 Å². The highest BCUT2D eigenvalue weighted by atomic mass is 16.6. The van der Waals surface area contributed by atoms with E-state index in [1.165, 1.54) is 7.11 Å². The SMILES string of the molecule is COC(=O)N1CCCC(C[C@H](NC(=O)OCc2ccccc2)C(=O)Nc2ccc(C(=O)OC(C)(C)C)cc2)C1. The van der Waals surface area contributed by atoms with Crippen molar-refractivity contribution in [3.63, 3.8) is 0 Å².